The summed E-state index contributed by atoms with van der Waals surface area (Å²) in [6.45, 7) is 1.22. The highest BCUT2D eigenvalue weighted by molar-refractivity contribution is 7.92. The highest BCUT2D eigenvalue weighted by Crippen LogP contribution is 2.30. The van der Waals surface area contributed by atoms with Gasteiger partial charge in [0, 0.05) is 18.7 Å². The monoisotopic (exact) mass is 409 g/mol. The van der Waals surface area contributed by atoms with Gasteiger partial charge in [-0.2, -0.15) is 0 Å². The van der Waals surface area contributed by atoms with Gasteiger partial charge in [-0.25, -0.2) is 23.4 Å². The first-order chi connectivity index (χ1) is 14.1. The van der Waals surface area contributed by atoms with E-state index in [1.165, 1.54) is 6.33 Å². The summed E-state index contributed by atoms with van der Waals surface area (Å²) in [6.07, 6.45) is 5.76. The molecule has 0 amide bonds. The minimum atomic E-state index is -3.40. The molecule has 0 unspecified atom stereocenters. The molecule has 0 saturated carbocycles. The number of hydrogen-bond donors (Lipinski definition) is 1. The number of nitrogens with zero attached hydrogens (tertiary/aromatic N) is 4. The van der Waals surface area contributed by atoms with Gasteiger partial charge in [0.05, 0.1) is 22.7 Å². The average Bonchev–Trinajstić information content (AvgIpc) is 3.46. The smallest absolute Gasteiger partial charge is 0.182 e. The number of anilines is 1. The number of rotatable bonds is 4. The van der Waals surface area contributed by atoms with Crippen LogP contribution < -0.4 is 4.90 Å². The Kier molecular flexibility index (Phi) is 4.31. The molecule has 9 heteroatoms. The van der Waals surface area contributed by atoms with Crippen molar-refractivity contribution in [2.75, 3.05) is 18.0 Å². The van der Waals surface area contributed by atoms with Gasteiger partial charge in [0.2, 0.25) is 0 Å². The normalized spacial score (nSPS) is 15.8. The van der Waals surface area contributed by atoms with E-state index in [0.717, 1.165) is 22.7 Å². The summed E-state index contributed by atoms with van der Waals surface area (Å²) in [5, 5.41) is -0.410. The number of hydrogen-bond acceptors (Lipinski definition) is 7. The molecule has 1 N–H and O–H groups in total. The van der Waals surface area contributed by atoms with Crippen LogP contribution >= 0.6 is 0 Å². The van der Waals surface area contributed by atoms with Crippen molar-refractivity contribution in [2.45, 2.75) is 23.0 Å². The van der Waals surface area contributed by atoms with Gasteiger partial charge >= 0.3 is 0 Å². The maximum Gasteiger partial charge on any atom is 0.182 e. The maximum absolute atomic E-state index is 13.1. The molecule has 0 spiro atoms. The van der Waals surface area contributed by atoms with Crippen LogP contribution in [0, 0.1) is 0 Å². The van der Waals surface area contributed by atoms with E-state index in [1.54, 1.807) is 36.9 Å². The van der Waals surface area contributed by atoms with Crippen molar-refractivity contribution < 1.29 is 12.8 Å². The predicted octanol–water partition coefficient (Wildman–Crippen LogP) is 3.06. The standard InChI is InChI=1S/C20H19N5O3S/c26-29(27,15-5-3-14(4-6-15)17-2-1-11-28-17)16-7-9-25(10-8-16)20-18-19(22-12-21-18)23-13-24-20/h1-6,11-13,16H,7-10H2,(H,21,22,23,24). The minimum Gasteiger partial charge on any atom is -0.464 e. The van der Waals surface area contributed by atoms with E-state index in [-0.39, 0.29) is 0 Å². The topological polar surface area (TPSA) is 105 Å². The molecular weight excluding hydrogens is 390 g/mol. The summed E-state index contributed by atoms with van der Waals surface area (Å²) < 4.78 is 31.6. The summed E-state index contributed by atoms with van der Waals surface area (Å²) in [7, 11) is -3.40. The average molecular weight is 409 g/mol. The maximum atomic E-state index is 13.1. The largest absolute Gasteiger partial charge is 0.464 e. The van der Waals surface area contributed by atoms with Crippen LogP contribution in [0.5, 0.6) is 0 Å². The van der Waals surface area contributed by atoms with E-state index in [9.17, 15) is 8.42 Å². The molecule has 0 radical (unpaired) electrons. The number of sulfone groups is 1. The van der Waals surface area contributed by atoms with Gasteiger partial charge in [-0.15, -0.1) is 0 Å². The lowest BCUT2D eigenvalue weighted by atomic mass is 10.1. The van der Waals surface area contributed by atoms with Crippen molar-refractivity contribution in [1.29, 1.82) is 0 Å². The van der Waals surface area contributed by atoms with Crippen LogP contribution in [-0.2, 0) is 9.84 Å². The second-order valence-electron chi connectivity index (χ2n) is 7.03. The van der Waals surface area contributed by atoms with Gasteiger partial charge in [0.1, 0.15) is 17.6 Å². The number of aromatic nitrogens is 4. The fourth-order valence-electron chi connectivity index (χ4n) is 3.81. The number of benzene rings is 1. The lowest BCUT2D eigenvalue weighted by Crippen LogP contribution is -2.39. The van der Waals surface area contributed by atoms with Gasteiger partial charge in [-0.1, -0.05) is 0 Å². The number of imidazole rings is 1. The number of H-pyrrole nitrogens is 1. The van der Waals surface area contributed by atoms with Gasteiger partial charge in [-0.3, -0.25) is 0 Å². The van der Waals surface area contributed by atoms with E-state index >= 15 is 0 Å². The minimum absolute atomic E-state index is 0.351. The van der Waals surface area contributed by atoms with Crippen molar-refractivity contribution in [1.82, 2.24) is 19.9 Å². The number of piperidine rings is 1. The van der Waals surface area contributed by atoms with E-state index in [1.807, 2.05) is 12.1 Å². The van der Waals surface area contributed by atoms with Crippen molar-refractivity contribution >= 4 is 26.8 Å². The van der Waals surface area contributed by atoms with Gasteiger partial charge in [0.15, 0.2) is 21.3 Å². The Morgan fingerprint density at radius 2 is 1.83 bits per heavy atom. The first-order valence-electron chi connectivity index (χ1n) is 9.40. The van der Waals surface area contributed by atoms with Crippen LogP contribution in [0.4, 0.5) is 5.82 Å². The molecule has 1 aliphatic heterocycles. The van der Waals surface area contributed by atoms with Gasteiger partial charge in [0.25, 0.3) is 0 Å². The van der Waals surface area contributed by atoms with Crippen LogP contribution in [0.25, 0.3) is 22.5 Å². The summed E-state index contributed by atoms with van der Waals surface area (Å²) in [4.78, 5) is 18.2. The van der Waals surface area contributed by atoms with E-state index in [2.05, 4.69) is 24.8 Å². The highest BCUT2D eigenvalue weighted by Gasteiger charge is 2.32. The van der Waals surface area contributed by atoms with Crippen LogP contribution in [0.3, 0.4) is 0 Å². The predicted molar refractivity (Wildman–Crippen MR) is 108 cm³/mol. The Morgan fingerprint density at radius 3 is 2.55 bits per heavy atom. The van der Waals surface area contributed by atoms with E-state index in [4.69, 9.17) is 4.42 Å². The SMILES string of the molecule is O=S(=O)(c1ccc(-c2ccco2)cc1)C1CCN(c2ncnc3nc[nH]c23)CC1. The fraction of sp³-hybridized carbons (Fsp3) is 0.250. The summed E-state index contributed by atoms with van der Waals surface area (Å²) in [5.41, 5.74) is 2.25. The second-order valence-corrected chi connectivity index (χ2v) is 9.26. The Hall–Kier alpha value is -3.20. The molecule has 0 bridgehead atoms. The van der Waals surface area contributed by atoms with E-state index in [0.29, 0.717) is 36.5 Å². The third kappa shape index (κ3) is 3.17. The van der Waals surface area contributed by atoms with Crippen molar-refractivity contribution in [3.05, 3.63) is 55.3 Å². The number of furan rings is 1. The molecule has 5 rings (SSSR count). The Balaban J connectivity index is 1.33. The summed E-state index contributed by atoms with van der Waals surface area (Å²) >= 11 is 0. The molecule has 29 heavy (non-hydrogen) atoms. The zero-order valence-electron chi connectivity index (χ0n) is 15.5. The third-order valence-corrected chi connectivity index (χ3v) is 7.65. The van der Waals surface area contributed by atoms with E-state index < -0.39 is 15.1 Å². The zero-order valence-corrected chi connectivity index (χ0v) is 16.3. The Morgan fingerprint density at radius 1 is 1.03 bits per heavy atom. The molecule has 1 aliphatic rings. The zero-order chi connectivity index (χ0) is 19.8. The van der Waals surface area contributed by atoms with Crippen molar-refractivity contribution in [3.63, 3.8) is 0 Å². The quantitative estimate of drug-likeness (QED) is 0.552. The van der Waals surface area contributed by atoms with Gasteiger partial charge < -0.3 is 14.3 Å². The molecule has 4 aromatic rings. The van der Waals surface area contributed by atoms with Gasteiger partial charge in [-0.05, 0) is 49.2 Å². The molecule has 0 atom stereocenters. The van der Waals surface area contributed by atoms with Crippen LogP contribution in [-0.4, -0.2) is 46.7 Å². The molecule has 1 saturated heterocycles. The molecular formula is C20H19N5O3S. The fourth-order valence-corrected chi connectivity index (χ4v) is 5.55. The molecule has 1 aromatic carbocycles. The highest BCUT2D eigenvalue weighted by atomic mass is 32.2. The number of aromatic amines is 1. The third-order valence-electron chi connectivity index (χ3n) is 5.37. The van der Waals surface area contributed by atoms with Crippen LogP contribution in [0.15, 0.2) is 64.6 Å². The van der Waals surface area contributed by atoms with Crippen molar-refractivity contribution in [2.24, 2.45) is 0 Å². The molecule has 1 fully saturated rings. The number of nitrogens with one attached hydrogen (secondary N) is 1. The van der Waals surface area contributed by atoms with Crippen LogP contribution in [0.1, 0.15) is 12.8 Å². The lowest BCUT2D eigenvalue weighted by Gasteiger charge is -2.32. The summed E-state index contributed by atoms with van der Waals surface area (Å²) in [6, 6.07) is 10.6. The Bertz CT molecular complexity index is 1220. The number of fused-ring (bicyclic) bond motifs is 1. The van der Waals surface area contributed by atoms with Crippen molar-refractivity contribution in [3.8, 4) is 11.3 Å². The first-order valence-corrected chi connectivity index (χ1v) is 10.9. The summed E-state index contributed by atoms with van der Waals surface area (Å²) in [5.74, 6) is 1.49. The molecule has 148 valence electrons. The second kappa shape index (κ2) is 7.00. The lowest BCUT2D eigenvalue weighted by molar-refractivity contribution is 0.528. The Labute approximate surface area is 167 Å². The molecule has 3 aromatic heterocycles. The van der Waals surface area contributed by atoms with Crippen LogP contribution in [0.2, 0.25) is 0 Å². The molecule has 0 aliphatic carbocycles. The molecule has 8 nitrogen and oxygen atoms in total. The molecule has 4 heterocycles. The first kappa shape index (κ1) is 17.9.